The second-order valence-corrected chi connectivity index (χ2v) is 2.98. The Labute approximate surface area is 75.2 Å². The molecule has 1 aromatic carbocycles. The van der Waals surface area contributed by atoms with Crippen LogP contribution < -0.4 is 5.46 Å². The third-order valence-electron chi connectivity index (χ3n) is 2.15. The van der Waals surface area contributed by atoms with E-state index in [4.69, 9.17) is 0 Å². The maximum atomic E-state index is 13.3. The van der Waals surface area contributed by atoms with Crippen LogP contribution in [-0.4, -0.2) is 19.1 Å². The van der Waals surface area contributed by atoms with Crippen LogP contribution in [-0.2, 0) is 0 Å². The van der Waals surface area contributed by atoms with Gasteiger partial charge in [-0.25, -0.2) is 4.39 Å². The molecule has 1 aromatic heterocycles. The minimum absolute atomic E-state index is 0.357. The summed E-state index contributed by atoms with van der Waals surface area (Å²) in [4.78, 5) is 13.4. The molecule has 0 bridgehead atoms. The molecule has 0 unspecified atom stereocenters. The molecule has 1 heterocycles. The predicted molar refractivity (Wildman–Crippen MR) is 51.8 cm³/mol. The van der Waals surface area contributed by atoms with Crippen molar-refractivity contribution in [3.8, 4) is 0 Å². The minimum Gasteiger partial charge on any atom is -0.361 e. The first-order chi connectivity index (χ1) is 6.24. The average molecular weight is 175 g/mol. The first-order valence-corrected chi connectivity index (χ1v) is 3.95. The summed E-state index contributed by atoms with van der Waals surface area (Å²) < 4.78 is 13.3. The van der Waals surface area contributed by atoms with Crippen molar-refractivity contribution in [2.75, 3.05) is 0 Å². The molecule has 0 fully saturated rings. The second-order valence-electron chi connectivity index (χ2n) is 2.98. The molecule has 0 amide bonds. The van der Waals surface area contributed by atoms with E-state index in [9.17, 15) is 9.18 Å². The van der Waals surface area contributed by atoms with Crippen LogP contribution in [0.4, 0.5) is 4.39 Å². The van der Waals surface area contributed by atoms with Gasteiger partial charge in [0.1, 0.15) is 13.7 Å². The molecule has 0 saturated carbocycles. The van der Waals surface area contributed by atoms with Crippen molar-refractivity contribution in [3.05, 3.63) is 29.7 Å². The number of rotatable bonds is 1. The van der Waals surface area contributed by atoms with Gasteiger partial charge in [-0.1, -0.05) is 11.5 Å². The van der Waals surface area contributed by atoms with E-state index in [0.29, 0.717) is 22.8 Å². The van der Waals surface area contributed by atoms with E-state index in [2.05, 4.69) is 4.98 Å². The summed E-state index contributed by atoms with van der Waals surface area (Å²) >= 11 is 0. The summed E-state index contributed by atoms with van der Waals surface area (Å²) in [6.07, 6.45) is 2.18. The van der Waals surface area contributed by atoms with E-state index in [1.54, 1.807) is 6.07 Å². The summed E-state index contributed by atoms with van der Waals surface area (Å²) in [5.41, 5.74) is 2.00. The third kappa shape index (κ3) is 1.06. The molecule has 2 rings (SSSR count). The van der Waals surface area contributed by atoms with Crippen LogP contribution in [0.15, 0.2) is 18.3 Å². The fourth-order valence-corrected chi connectivity index (χ4v) is 1.46. The van der Waals surface area contributed by atoms with Gasteiger partial charge in [0.15, 0.2) is 6.29 Å². The zero-order valence-corrected chi connectivity index (χ0v) is 7.10. The Morgan fingerprint density at radius 3 is 2.92 bits per heavy atom. The summed E-state index contributed by atoms with van der Waals surface area (Å²) in [6.45, 7) is 0. The lowest BCUT2D eigenvalue weighted by molar-refractivity contribution is 0.112. The normalized spacial score (nSPS) is 10.5. The Kier molecular flexibility index (Phi) is 1.69. The van der Waals surface area contributed by atoms with Gasteiger partial charge in [0.2, 0.25) is 0 Å². The summed E-state index contributed by atoms with van der Waals surface area (Å²) in [5.74, 6) is -0.357. The van der Waals surface area contributed by atoms with Gasteiger partial charge in [-0.05, 0) is 6.07 Å². The number of halogens is 1. The van der Waals surface area contributed by atoms with Gasteiger partial charge >= 0.3 is 0 Å². The lowest BCUT2D eigenvalue weighted by Gasteiger charge is -1.97. The molecule has 2 nitrogen and oxygen atoms in total. The zero-order valence-electron chi connectivity index (χ0n) is 7.10. The molecule has 2 aromatic rings. The Morgan fingerprint density at radius 2 is 2.23 bits per heavy atom. The van der Waals surface area contributed by atoms with Crippen LogP contribution >= 0.6 is 0 Å². The highest BCUT2D eigenvalue weighted by Crippen LogP contribution is 2.17. The number of nitrogens with one attached hydrogen (secondary N) is 1. The first kappa shape index (κ1) is 8.04. The van der Waals surface area contributed by atoms with E-state index in [0.717, 1.165) is 5.46 Å². The Morgan fingerprint density at radius 1 is 1.46 bits per heavy atom. The number of H-pyrrole nitrogens is 1. The molecule has 0 aliphatic heterocycles. The smallest absolute Gasteiger partial charge is 0.152 e. The third-order valence-corrected chi connectivity index (χ3v) is 2.15. The van der Waals surface area contributed by atoms with Crippen molar-refractivity contribution >= 4 is 30.5 Å². The van der Waals surface area contributed by atoms with Gasteiger partial charge in [0.25, 0.3) is 0 Å². The van der Waals surface area contributed by atoms with Crippen molar-refractivity contribution in [3.63, 3.8) is 0 Å². The summed E-state index contributed by atoms with van der Waals surface area (Å²) in [5, 5.41) is 0.384. The highest BCUT2D eigenvalue weighted by atomic mass is 19.1. The van der Waals surface area contributed by atoms with Crippen LogP contribution in [0.5, 0.6) is 0 Å². The molecule has 64 valence electrons. The molecule has 0 radical (unpaired) electrons. The molecule has 13 heavy (non-hydrogen) atoms. The van der Waals surface area contributed by atoms with Gasteiger partial charge < -0.3 is 4.98 Å². The van der Waals surface area contributed by atoms with Crippen LogP contribution in [0.3, 0.4) is 0 Å². The SMILES string of the molecule is Bc1ccc(F)c2c(C=O)c[nH]c12. The van der Waals surface area contributed by atoms with Gasteiger partial charge in [0, 0.05) is 22.7 Å². The maximum Gasteiger partial charge on any atom is 0.152 e. The summed E-state index contributed by atoms with van der Waals surface area (Å²) in [6, 6.07) is 3.06. The number of hydrogen-bond donors (Lipinski definition) is 1. The fraction of sp³-hybridized carbons (Fsp3) is 0. The lowest BCUT2D eigenvalue weighted by Crippen LogP contribution is -2.04. The second kappa shape index (κ2) is 2.73. The number of aldehydes is 1. The van der Waals surface area contributed by atoms with E-state index >= 15 is 0 Å². The molecule has 0 atom stereocenters. The minimum atomic E-state index is -0.357. The van der Waals surface area contributed by atoms with E-state index in [1.165, 1.54) is 12.3 Å². The number of hydrogen-bond acceptors (Lipinski definition) is 1. The Balaban J connectivity index is 2.95. The molecular formula is C9H7BFNO. The number of aromatic amines is 1. The van der Waals surface area contributed by atoms with Crippen LogP contribution in [0.1, 0.15) is 10.4 Å². The topological polar surface area (TPSA) is 32.9 Å². The number of carbonyl (C=O) groups is 1. The number of aromatic nitrogens is 1. The highest BCUT2D eigenvalue weighted by molar-refractivity contribution is 6.38. The Bertz CT molecular complexity index is 478. The molecule has 0 spiro atoms. The molecule has 1 N–H and O–H groups in total. The average Bonchev–Trinajstić information content (AvgIpc) is 2.56. The van der Waals surface area contributed by atoms with Gasteiger partial charge in [0.05, 0.1) is 0 Å². The standard InChI is InChI=1S/C9H7BFNO/c10-6-1-2-7(11)8-5(4-13)3-12-9(6)8/h1-4,12H,10H2. The van der Waals surface area contributed by atoms with Crippen molar-refractivity contribution < 1.29 is 9.18 Å². The van der Waals surface area contributed by atoms with Crippen LogP contribution in [0.25, 0.3) is 10.9 Å². The van der Waals surface area contributed by atoms with E-state index in [-0.39, 0.29) is 5.82 Å². The molecule has 0 saturated heterocycles. The quantitative estimate of drug-likeness (QED) is 0.493. The van der Waals surface area contributed by atoms with E-state index < -0.39 is 0 Å². The van der Waals surface area contributed by atoms with Gasteiger partial charge in [-0.15, -0.1) is 0 Å². The van der Waals surface area contributed by atoms with Gasteiger partial charge in [-0.3, -0.25) is 4.79 Å². The number of carbonyl (C=O) groups excluding carboxylic acids is 1. The molecule has 0 aliphatic rings. The predicted octanol–water partition coefficient (Wildman–Crippen LogP) is 0.378. The fourth-order valence-electron chi connectivity index (χ4n) is 1.46. The first-order valence-electron chi connectivity index (χ1n) is 3.95. The van der Waals surface area contributed by atoms with Crippen LogP contribution in [0, 0.1) is 5.82 Å². The molecule has 4 heteroatoms. The van der Waals surface area contributed by atoms with Crippen molar-refractivity contribution in [2.24, 2.45) is 0 Å². The van der Waals surface area contributed by atoms with Gasteiger partial charge in [-0.2, -0.15) is 0 Å². The van der Waals surface area contributed by atoms with Crippen molar-refractivity contribution in [1.82, 2.24) is 4.98 Å². The highest BCUT2D eigenvalue weighted by Gasteiger charge is 2.08. The molecular weight excluding hydrogens is 168 g/mol. The maximum absolute atomic E-state index is 13.3. The molecule has 0 aliphatic carbocycles. The number of benzene rings is 1. The zero-order chi connectivity index (χ0) is 9.42. The van der Waals surface area contributed by atoms with Crippen molar-refractivity contribution in [2.45, 2.75) is 0 Å². The summed E-state index contributed by atoms with van der Waals surface area (Å²) in [7, 11) is 1.87. The lowest BCUT2D eigenvalue weighted by atomic mass is 9.93. The Hall–Kier alpha value is -1.58. The van der Waals surface area contributed by atoms with E-state index in [1.807, 2.05) is 7.85 Å². The monoisotopic (exact) mass is 175 g/mol. The van der Waals surface area contributed by atoms with Crippen LogP contribution in [0.2, 0.25) is 0 Å². The van der Waals surface area contributed by atoms with Crippen molar-refractivity contribution in [1.29, 1.82) is 0 Å². The largest absolute Gasteiger partial charge is 0.361 e. The number of fused-ring (bicyclic) bond motifs is 1.